The van der Waals surface area contributed by atoms with E-state index >= 15 is 0 Å². The van der Waals surface area contributed by atoms with E-state index in [1.807, 2.05) is 26.0 Å². The molecule has 1 atom stereocenters. The summed E-state index contributed by atoms with van der Waals surface area (Å²) in [7, 11) is 4.11. The fourth-order valence-electron chi connectivity index (χ4n) is 4.97. The van der Waals surface area contributed by atoms with Crippen molar-refractivity contribution in [2.75, 3.05) is 26.0 Å². The summed E-state index contributed by atoms with van der Waals surface area (Å²) in [5, 5.41) is 13.2. The largest absolute Gasteiger partial charge is 0.508 e. The lowest BCUT2D eigenvalue weighted by atomic mass is 9.95. The van der Waals surface area contributed by atoms with Crippen molar-refractivity contribution in [3.8, 4) is 5.75 Å². The van der Waals surface area contributed by atoms with Gasteiger partial charge in [0.15, 0.2) is 0 Å². The van der Waals surface area contributed by atoms with Crippen molar-refractivity contribution in [2.45, 2.75) is 45.6 Å². The average molecular weight is 447 g/mol. The van der Waals surface area contributed by atoms with Gasteiger partial charge in [-0.3, -0.25) is 9.78 Å². The number of anilines is 1. The third-order valence-corrected chi connectivity index (χ3v) is 6.78. The van der Waals surface area contributed by atoms with Crippen LogP contribution < -0.4 is 10.9 Å². The normalized spacial score (nSPS) is 14.5. The van der Waals surface area contributed by atoms with Gasteiger partial charge in [-0.05, 0) is 99.5 Å². The number of hydrogen-bond donors (Lipinski definition) is 3. The standard InChI is InChI=1S/C27H34N4O2/c1-17-9-24(32)10-18(2)25(17)15-23(31(3)4)16-28-27-29-22(14-26(33)30-27)13-19-11-20-7-5-6-8-21(20)12-19/h5-10,14,19,23,32H,11-13,15-16H2,1-4H3,(H2,28,29,30,33)/t23-/m1/s1. The molecule has 0 radical (unpaired) electrons. The van der Waals surface area contributed by atoms with Gasteiger partial charge < -0.3 is 15.3 Å². The zero-order valence-corrected chi connectivity index (χ0v) is 20.0. The SMILES string of the molecule is Cc1cc(O)cc(C)c1C[C@H](CNc1nc(CC2Cc3ccccc3C2)cc(=O)[nH]1)N(C)C. The molecule has 0 amide bonds. The number of phenols is 1. The number of rotatable bonds is 8. The predicted octanol–water partition coefficient (Wildman–Crippen LogP) is 3.63. The van der Waals surface area contributed by atoms with Crippen molar-refractivity contribution in [3.05, 3.63) is 86.3 Å². The fourth-order valence-corrected chi connectivity index (χ4v) is 4.97. The molecule has 4 rings (SSSR count). The van der Waals surface area contributed by atoms with Crippen LogP contribution in [0.2, 0.25) is 0 Å². The van der Waals surface area contributed by atoms with E-state index in [1.165, 1.54) is 16.7 Å². The van der Waals surface area contributed by atoms with Gasteiger partial charge in [-0.15, -0.1) is 0 Å². The maximum Gasteiger partial charge on any atom is 0.252 e. The van der Waals surface area contributed by atoms with Gasteiger partial charge in [0.05, 0.1) is 5.69 Å². The summed E-state index contributed by atoms with van der Waals surface area (Å²) in [5.74, 6) is 1.32. The first kappa shape index (κ1) is 23.1. The summed E-state index contributed by atoms with van der Waals surface area (Å²) >= 11 is 0. The zero-order valence-electron chi connectivity index (χ0n) is 20.0. The Kier molecular flexibility index (Phi) is 6.84. The smallest absolute Gasteiger partial charge is 0.252 e. The second kappa shape index (κ2) is 9.79. The summed E-state index contributed by atoms with van der Waals surface area (Å²) in [6, 6.07) is 14.0. The fraction of sp³-hybridized carbons (Fsp3) is 0.407. The zero-order chi connectivity index (χ0) is 23.5. The lowest BCUT2D eigenvalue weighted by Crippen LogP contribution is -2.37. The highest BCUT2D eigenvalue weighted by atomic mass is 16.3. The molecule has 0 fully saturated rings. The number of hydrogen-bond acceptors (Lipinski definition) is 5. The lowest BCUT2D eigenvalue weighted by Gasteiger charge is -2.26. The minimum atomic E-state index is -0.121. The van der Waals surface area contributed by atoms with E-state index in [2.05, 4.69) is 53.6 Å². The van der Waals surface area contributed by atoms with Crippen LogP contribution in [0, 0.1) is 19.8 Å². The molecule has 3 aromatic rings. The third-order valence-electron chi connectivity index (χ3n) is 6.78. The number of likely N-dealkylation sites (N-methyl/N-ethyl adjacent to an activating group) is 1. The molecule has 0 saturated heterocycles. The summed E-state index contributed by atoms with van der Waals surface area (Å²) in [6.07, 6.45) is 3.72. The molecule has 0 aliphatic heterocycles. The van der Waals surface area contributed by atoms with Crippen LogP contribution in [0.5, 0.6) is 5.75 Å². The highest BCUT2D eigenvalue weighted by Gasteiger charge is 2.22. The number of fused-ring (bicyclic) bond motifs is 1. The van der Waals surface area contributed by atoms with Gasteiger partial charge in [0.2, 0.25) is 5.95 Å². The van der Waals surface area contributed by atoms with Crippen LogP contribution in [0.1, 0.15) is 33.5 Å². The number of H-pyrrole nitrogens is 1. The summed E-state index contributed by atoms with van der Waals surface area (Å²) in [4.78, 5) is 22.1. The number of nitrogens with zero attached hydrogens (tertiary/aromatic N) is 2. The third kappa shape index (κ3) is 5.63. The van der Waals surface area contributed by atoms with Crippen LogP contribution >= 0.6 is 0 Å². The van der Waals surface area contributed by atoms with E-state index in [1.54, 1.807) is 6.07 Å². The Hall–Kier alpha value is -3.12. The van der Waals surface area contributed by atoms with Gasteiger partial charge in [-0.1, -0.05) is 24.3 Å². The van der Waals surface area contributed by atoms with Crippen LogP contribution in [-0.2, 0) is 25.7 Å². The molecule has 0 bridgehead atoms. The van der Waals surface area contributed by atoms with Gasteiger partial charge in [-0.25, -0.2) is 4.98 Å². The first-order valence-corrected chi connectivity index (χ1v) is 11.6. The van der Waals surface area contributed by atoms with Crippen molar-refractivity contribution in [1.82, 2.24) is 14.9 Å². The molecule has 0 unspecified atom stereocenters. The van der Waals surface area contributed by atoms with Gasteiger partial charge in [0, 0.05) is 18.7 Å². The molecule has 1 heterocycles. The molecule has 0 saturated carbocycles. The minimum absolute atomic E-state index is 0.121. The number of aromatic nitrogens is 2. The first-order valence-electron chi connectivity index (χ1n) is 11.6. The number of aryl methyl sites for hydroxylation is 2. The van der Waals surface area contributed by atoms with Gasteiger partial charge in [-0.2, -0.15) is 0 Å². The van der Waals surface area contributed by atoms with Gasteiger partial charge in [0.1, 0.15) is 5.75 Å². The second-order valence-electron chi connectivity index (χ2n) is 9.59. The molecular formula is C27H34N4O2. The number of phenolic OH excluding ortho intramolecular Hbond substituents is 1. The number of aromatic hydroxyl groups is 1. The Morgan fingerprint density at radius 3 is 2.36 bits per heavy atom. The van der Waals surface area contributed by atoms with Crippen LogP contribution in [0.15, 0.2) is 47.3 Å². The Bertz CT molecular complexity index is 1140. The molecule has 33 heavy (non-hydrogen) atoms. The first-order chi connectivity index (χ1) is 15.8. The highest BCUT2D eigenvalue weighted by Crippen LogP contribution is 2.28. The molecule has 174 valence electrons. The lowest BCUT2D eigenvalue weighted by molar-refractivity contribution is 0.302. The molecule has 2 aromatic carbocycles. The molecule has 1 aliphatic rings. The monoisotopic (exact) mass is 446 g/mol. The van der Waals surface area contributed by atoms with Crippen LogP contribution in [0.4, 0.5) is 5.95 Å². The maximum absolute atomic E-state index is 12.3. The van der Waals surface area contributed by atoms with E-state index in [4.69, 9.17) is 4.98 Å². The van der Waals surface area contributed by atoms with Crippen molar-refractivity contribution in [2.24, 2.45) is 5.92 Å². The van der Waals surface area contributed by atoms with E-state index in [9.17, 15) is 9.90 Å². The van der Waals surface area contributed by atoms with E-state index < -0.39 is 0 Å². The van der Waals surface area contributed by atoms with E-state index in [0.717, 1.165) is 42.5 Å². The number of benzene rings is 2. The van der Waals surface area contributed by atoms with Crippen molar-refractivity contribution in [1.29, 1.82) is 0 Å². The van der Waals surface area contributed by atoms with Crippen molar-refractivity contribution >= 4 is 5.95 Å². The quantitative estimate of drug-likeness (QED) is 0.492. The molecule has 3 N–H and O–H groups in total. The molecular weight excluding hydrogens is 412 g/mol. The Morgan fingerprint density at radius 2 is 1.76 bits per heavy atom. The summed E-state index contributed by atoms with van der Waals surface area (Å²) in [6.45, 7) is 4.71. The summed E-state index contributed by atoms with van der Waals surface area (Å²) in [5.41, 5.74) is 6.97. The topological polar surface area (TPSA) is 81.2 Å². The minimum Gasteiger partial charge on any atom is -0.508 e. The average Bonchev–Trinajstić information content (AvgIpc) is 3.14. The highest BCUT2D eigenvalue weighted by molar-refractivity contribution is 5.41. The summed E-state index contributed by atoms with van der Waals surface area (Å²) < 4.78 is 0. The number of nitrogens with one attached hydrogen (secondary N) is 2. The van der Waals surface area contributed by atoms with Gasteiger partial charge in [0.25, 0.3) is 5.56 Å². The predicted molar refractivity (Wildman–Crippen MR) is 133 cm³/mol. The maximum atomic E-state index is 12.3. The molecule has 6 nitrogen and oxygen atoms in total. The van der Waals surface area contributed by atoms with Gasteiger partial charge >= 0.3 is 0 Å². The van der Waals surface area contributed by atoms with Crippen LogP contribution in [0.3, 0.4) is 0 Å². The molecule has 1 aliphatic carbocycles. The van der Waals surface area contributed by atoms with Crippen LogP contribution in [-0.4, -0.2) is 46.7 Å². The molecule has 1 aromatic heterocycles. The second-order valence-corrected chi connectivity index (χ2v) is 9.59. The molecule has 0 spiro atoms. The molecule has 6 heteroatoms. The Labute approximate surface area is 195 Å². The Balaban J connectivity index is 1.43. The van der Waals surface area contributed by atoms with Crippen molar-refractivity contribution < 1.29 is 5.11 Å². The van der Waals surface area contributed by atoms with E-state index in [0.29, 0.717) is 24.2 Å². The Morgan fingerprint density at radius 1 is 1.12 bits per heavy atom. The number of aromatic amines is 1. The van der Waals surface area contributed by atoms with Crippen LogP contribution in [0.25, 0.3) is 0 Å². The van der Waals surface area contributed by atoms with Crippen molar-refractivity contribution in [3.63, 3.8) is 0 Å². The van der Waals surface area contributed by atoms with E-state index in [-0.39, 0.29) is 11.6 Å².